The molecule has 1 aromatic carbocycles. The molecule has 0 unspecified atom stereocenters. The number of aromatic nitrogens is 4. The molecular formula is C21H21N7O4. The number of anilines is 2. The van der Waals surface area contributed by atoms with Crippen LogP contribution in [0, 0.1) is 18.3 Å². The van der Waals surface area contributed by atoms with Crippen LogP contribution in [-0.2, 0) is 11.8 Å². The van der Waals surface area contributed by atoms with Gasteiger partial charge in [-0.1, -0.05) is 0 Å². The number of methoxy groups -OCH3 is 1. The van der Waals surface area contributed by atoms with Crippen LogP contribution in [0.3, 0.4) is 0 Å². The van der Waals surface area contributed by atoms with Crippen LogP contribution in [0.4, 0.5) is 11.4 Å². The highest BCUT2D eigenvalue weighted by Gasteiger charge is 2.22. The van der Waals surface area contributed by atoms with Gasteiger partial charge in [-0.05, 0) is 44.2 Å². The number of hydrogen-bond acceptors (Lipinski definition) is 8. The van der Waals surface area contributed by atoms with Gasteiger partial charge in [0.25, 0.3) is 5.91 Å². The monoisotopic (exact) mass is 435 g/mol. The van der Waals surface area contributed by atoms with Crippen molar-refractivity contribution in [2.75, 3.05) is 24.3 Å². The van der Waals surface area contributed by atoms with E-state index in [1.165, 1.54) is 18.7 Å². The molecule has 0 bridgehead atoms. The Hall–Kier alpha value is -4.46. The van der Waals surface area contributed by atoms with Crippen LogP contribution in [0.1, 0.15) is 39.3 Å². The Labute approximate surface area is 183 Å². The maximum absolute atomic E-state index is 13.0. The summed E-state index contributed by atoms with van der Waals surface area (Å²) in [5, 5.41) is 18.8. The molecule has 11 nitrogen and oxygen atoms in total. The van der Waals surface area contributed by atoms with Crippen molar-refractivity contribution in [2.45, 2.75) is 13.8 Å². The van der Waals surface area contributed by atoms with Crippen LogP contribution in [0.25, 0.3) is 5.69 Å². The van der Waals surface area contributed by atoms with Gasteiger partial charge in [0.2, 0.25) is 5.82 Å². The molecular weight excluding hydrogens is 414 g/mol. The van der Waals surface area contributed by atoms with Crippen LogP contribution in [0.15, 0.2) is 35.1 Å². The lowest BCUT2D eigenvalue weighted by Gasteiger charge is -2.15. The first kappa shape index (κ1) is 22.2. The normalized spacial score (nSPS) is 10.3. The highest BCUT2D eigenvalue weighted by molar-refractivity contribution is 6.11. The Morgan fingerprint density at radius 3 is 2.53 bits per heavy atom. The molecule has 0 saturated heterocycles. The number of hydrogen-bond donors (Lipinski definition) is 2. The number of rotatable bonds is 6. The summed E-state index contributed by atoms with van der Waals surface area (Å²) in [5.74, 6) is -1.16. The maximum Gasteiger partial charge on any atom is 0.358 e. The summed E-state index contributed by atoms with van der Waals surface area (Å²) in [6.45, 7) is 3.97. The van der Waals surface area contributed by atoms with Gasteiger partial charge in [-0.25, -0.2) is 23.8 Å². The molecule has 0 aliphatic heterocycles. The molecule has 32 heavy (non-hydrogen) atoms. The molecule has 0 atom stereocenters. The summed E-state index contributed by atoms with van der Waals surface area (Å²) in [7, 11) is 2.70. The standard InChI is InChI=1S/C21H21N7O4/c1-5-23-17-15(10-12(2)24-18(17)20(30)32-4)19(29)25-13-6-8-14(9-7-13)28-16(11-22)26-27(3)21(28)31/h6-10,23H,5H2,1-4H3,(H,25,29). The first-order valence-corrected chi connectivity index (χ1v) is 9.62. The number of nitrogens with one attached hydrogen (secondary N) is 2. The molecule has 0 aliphatic rings. The minimum absolute atomic E-state index is 0.0230. The summed E-state index contributed by atoms with van der Waals surface area (Å²) in [6, 6.07) is 9.81. The first-order valence-electron chi connectivity index (χ1n) is 9.62. The average Bonchev–Trinajstić information content (AvgIpc) is 3.08. The topological polar surface area (TPSA) is 144 Å². The van der Waals surface area contributed by atoms with E-state index in [9.17, 15) is 19.6 Å². The van der Waals surface area contributed by atoms with Gasteiger partial charge in [0.05, 0.1) is 24.0 Å². The van der Waals surface area contributed by atoms with Gasteiger partial charge in [0.15, 0.2) is 5.69 Å². The van der Waals surface area contributed by atoms with Crippen LogP contribution in [0.2, 0.25) is 0 Å². The second-order valence-electron chi connectivity index (χ2n) is 6.73. The molecule has 3 aromatic rings. The summed E-state index contributed by atoms with van der Waals surface area (Å²) in [5.41, 5.74) is 1.43. The number of carbonyl (C=O) groups excluding carboxylic acids is 2. The highest BCUT2D eigenvalue weighted by atomic mass is 16.5. The Morgan fingerprint density at radius 2 is 1.94 bits per heavy atom. The second kappa shape index (κ2) is 9.13. The number of esters is 1. The number of nitriles is 1. The smallest absolute Gasteiger partial charge is 0.358 e. The Balaban J connectivity index is 1.93. The quantitative estimate of drug-likeness (QED) is 0.556. The lowest BCUT2D eigenvalue weighted by molar-refractivity contribution is 0.0595. The van der Waals surface area contributed by atoms with E-state index in [-0.39, 0.29) is 22.8 Å². The third-order valence-corrected chi connectivity index (χ3v) is 4.53. The lowest BCUT2D eigenvalue weighted by Crippen LogP contribution is -2.22. The summed E-state index contributed by atoms with van der Waals surface area (Å²) in [6.07, 6.45) is 0. The number of nitrogens with zero attached hydrogens (tertiary/aromatic N) is 5. The fourth-order valence-corrected chi connectivity index (χ4v) is 3.11. The molecule has 11 heteroatoms. The van der Waals surface area contributed by atoms with E-state index in [1.54, 1.807) is 37.3 Å². The van der Waals surface area contributed by atoms with E-state index in [4.69, 9.17) is 4.74 Å². The fraction of sp³-hybridized carbons (Fsp3) is 0.238. The molecule has 2 N–H and O–H groups in total. The van der Waals surface area contributed by atoms with Gasteiger partial charge >= 0.3 is 11.7 Å². The molecule has 0 spiro atoms. The van der Waals surface area contributed by atoms with Gasteiger partial charge in [-0.3, -0.25) is 4.79 Å². The van der Waals surface area contributed by atoms with E-state index in [2.05, 4.69) is 20.7 Å². The van der Waals surface area contributed by atoms with E-state index in [0.29, 0.717) is 23.6 Å². The van der Waals surface area contributed by atoms with Crippen molar-refractivity contribution >= 4 is 23.3 Å². The van der Waals surface area contributed by atoms with Crippen molar-refractivity contribution in [1.29, 1.82) is 5.26 Å². The first-order chi connectivity index (χ1) is 15.3. The summed E-state index contributed by atoms with van der Waals surface area (Å²) >= 11 is 0. The summed E-state index contributed by atoms with van der Waals surface area (Å²) in [4.78, 5) is 41.6. The van der Waals surface area contributed by atoms with Gasteiger partial charge in [-0.2, -0.15) is 5.26 Å². The average molecular weight is 435 g/mol. The van der Waals surface area contributed by atoms with Crippen LogP contribution < -0.4 is 16.3 Å². The van der Waals surface area contributed by atoms with Crippen molar-refractivity contribution < 1.29 is 14.3 Å². The zero-order chi connectivity index (χ0) is 23.4. The molecule has 0 saturated carbocycles. The SMILES string of the molecule is CCNc1c(C(=O)Nc2ccc(-n3c(C#N)nn(C)c3=O)cc2)cc(C)nc1C(=O)OC. The molecule has 3 rings (SSSR count). The van der Waals surface area contributed by atoms with E-state index >= 15 is 0 Å². The largest absolute Gasteiger partial charge is 0.464 e. The van der Waals surface area contributed by atoms with Gasteiger partial charge in [0, 0.05) is 25.0 Å². The Bertz CT molecular complexity index is 1280. The molecule has 164 valence electrons. The predicted molar refractivity (Wildman–Crippen MR) is 116 cm³/mol. The Morgan fingerprint density at radius 1 is 1.25 bits per heavy atom. The Kier molecular flexibility index (Phi) is 6.34. The number of benzene rings is 1. The van der Waals surface area contributed by atoms with Crippen molar-refractivity contribution in [3.8, 4) is 11.8 Å². The zero-order valence-corrected chi connectivity index (χ0v) is 18.0. The number of pyridine rings is 1. The van der Waals surface area contributed by atoms with Crippen LogP contribution >= 0.6 is 0 Å². The number of ether oxygens (including phenoxy) is 1. The van der Waals surface area contributed by atoms with Crippen molar-refractivity contribution in [3.63, 3.8) is 0 Å². The second-order valence-corrected chi connectivity index (χ2v) is 6.73. The molecule has 0 fully saturated rings. The fourth-order valence-electron chi connectivity index (χ4n) is 3.11. The van der Waals surface area contributed by atoms with Crippen molar-refractivity contribution in [1.82, 2.24) is 19.3 Å². The van der Waals surface area contributed by atoms with E-state index in [0.717, 1.165) is 4.68 Å². The lowest BCUT2D eigenvalue weighted by atomic mass is 10.1. The highest BCUT2D eigenvalue weighted by Crippen LogP contribution is 2.23. The zero-order valence-electron chi connectivity index (χ0n) is 18.0. The number of carbonyl (C=O) groups is 2. The summed E-state index contributed by atoms with van der Waals surface area (Å²) < 4.78 is 7.03. The van der Waals surface area contributed by atoms with Gasteiger partial charge in [-0.15, -0.1) is 5.10 Å². The van der Waals surface area contributed by atoms with Gasteiger partial charge < -0.3 is 15.4 Å². The number of aryl methyl sites for hydroxylation is 2. The minimum Gasteiger partial charge on any atom is -0.464 e. The third-order valence-electron chi connectivity index (χ3n) is 4.53. The number of amides is 1. The van der Waals surface area contributed by atoms with E-state index in [1.807, 2.05) is 13.0 Å². The molecule has 2 heterocycles. The minimum atomic E-state index is -0.654. The molecule has 0 radical (unpaired) electrons. The van der Waals surface area contributed by atoms with Crippen molar-refractivity contribution in [2.24, 2.45) is 7.05 Å². The van der Waals surface area contributed by atoms with Gasteiger partial charge in [0.1, 0.15) is 6.07 Å². The van der Waals surface area contributed by atoms with E-state index < -0.39 is 17.6 Å². The predicted octanol–water partition coefficient (Wildman–Crippen LogP) is 1.62. The molecule has 0 aliphatic carbocycles. The molecule has 1 amide bonds. The van der Waals surface area contributed by atoms with Crippen LogP contribution in [0.5, 0.6) is 0 Å². The third kappa shape index (κ3) is 4.20. The van der Waals surface area contributed by atoms with Crippen LogP contribution in [-0.4, -0.2) is 44.9 Å². The molecule has 2 aromatic heterocycles. The van der Waals surface area contributed by atoms with Crippen molar-refractivity contribution in [3.05, 3.63) is 63.6 Å². The maximum atomic E-state index is 13.0.